The Morgan fingerprint density at radius 1 is 0.806 bits per heavy atom. The molecule has 72 heavy (non-hydrogen) atoms. The van der Waals surface area contributed by atoms with Gasteiger partial charge in [-0.05, 0) is 90.2 Å². The molecular weight excluding hydrogens is 1010 g/mol. The van der Waals surface area contributed by atoms with Crippen LogP contribution in [0.25, 0.3) is 10.9 Å². The monoisotopic (exact) mass is 1050 g/mol. The fourth-order valence-corrected chi connectivity index (χ4v) is 7.69. The number of para-hydroxylation sites is 1. The van der Waals surface area contributed by atoms with E-state index in [1.165, 1.54) is 31.2 Å². The first-order valence-electron chi connectivity index (χ1n) is 21.4. The summed E-state index contributed by atoms with van der Waals surface area (Å²) in [6.45, 7) is 4.48. The fraction of sp³-hybridized carbons (Fsp3) is 0.362. The quantitative estimate of drug-likeness (QED) is 0.0769. The van der Waals surface area contributed by atoms with E-state index in [4.69, 9.17) is 14.2 Å². The summed E-state index contributed by atoms with van der Waals surface area (Å²) in [7, 11) is 0. The number of ether oxygens (including phenoxy) is 3. The largest absolute Gasteiger partial charge is 0.459 e. The number of esters is 1. The summed E-state index contributed by atoms with van der Waals surface area (Å²) in [5.74, 6) is -2.03. The lowest BCUT2D eigenvalue weighted by atomic mass is 10.0. The van der Waals surface area contributed by atoms with E-state index in [9.17, 15) is 66.7 Å². The van der Waals surface area contributed by atoms with Crippen LogP contribution in [0, 0.1) is 5.82 Å². The average molecular weight is 1060 g/mol. The highest BCUT2D eigenvalue weighted by Crippen LogP contribution is 2.41. The van der Waals surface area contributed by atoms with E-state index in [0.717, 1.165) is 23.5 Å². The van der Waals surface area contributed by atoms with Gasteiger partial charge in [-0.2, -0.15) is 68.1 Å². The highest BCUT2D eigenvalue weighted by Gasteiger charge is 2.41. The number of fused-ring (bicyclic) bond motifs is 1. The van der Waals surface area contributed by atoms with Gasteiger partial charge in [0.2, 0.25) is 5.91 Å². The minimum Gasteiger partial charge on any atom is -0.459 e. The highest BCUT2D eigenvalue weighted by atomic mass is 35.5. The van der Waals surface area contributed by atoms with Crippen molar-refractivity contribution in [1.82, 2.24) is 30.6 Å². The van der Waals surface area contributed by atoms with Gasteiger partial charge in [0.15, 0.2) is 6.29 Å². The van der Waals surface area contributed by atoms with Gasteiger partial charge in [-0.15, -0.1) is 12.4 Å². The van der Waals surface area contributed by atoms with Gasteiger partial charge in [0.1, 0.15) is 18.5 Å². The van der Waals surface area contributed by atoms with Crippen molar-refractivity contribution < 1.29 is 80.9 Å². The molecule has 3 heterocycles. The van der Waals surface area contributed by atoms with Crippen molar-refractivity contribution in [2.75, 3.05) is 13.2 Å². The van der Waals surface area contributed by atoms with Crippen molar-refractivity contribution in [1.29, 1.82) is 0 Å². The predicted molar refractivity (Wildman–Crippen MR) is 234 cm³/mol. The molecule has 0 radical (unpaired) electrons. The van der Waals surface area contributed by atoms with Gasteiger partial charge >= 0.3 is 30.7 Å². The maximum absolute atomic E-state index is 13.7. The zero-order chi connectivity index (χ0) is 52.1. The van der Waals surface area contributed by atoms with Gasteiger partial charge in [-0.3, -0.25) is 9.69 Å². The number of morpholine rings is 1. The molecule has 1 aliphatic rings. The van der Waals surface area contributed by atoms with Crippen LogP contribution >= 0.6 is 12.4 Å². The molecule has 1 saturated heterocycles. The Bertz CT molecular complexity index is 2710. The van der Waals surface area contributed by atoms with E-state index < -0.39 is 101 Å². The minimum absolute atomic E-state index is 0. The van der Waals surface area contributed by atoms with Crippen LogP contribution in [0.2, 0.25) is 0 Å². The second kappa shape index (κ2) is 23.1. The highest BCUT2D eigenvalue weighted by molar-refractivity contribution is 5.87. The number of alkyl halides is 12. The fourth-order valence-electron chi connectivity index (χ4n) is 7.69. The van der Waals surface area contributed by atoms with E-state index >= 15 is 0 Å². The van der Waals surface area contributed by atoms with Crippen LogP contribution < -0.4 is 5.32 Å². The van der Waals surface area contributed by atoms with E-state index in [1.807, 2.05) is 11.8 Å². The number of hydrogen-bond donors (Lipinski definition) is 3. The third-order valence-corrected chi connectivity index (χ3v) is 11.1. The average Bonchev–Trinajstić information content (AvgIpc) is 3.93. The van der Waals surface area contributed by atoms with Crippen molar-refractivity contribution in [2.45, 2.75) is 95.9 Å². The Balaban J connectivity index is 0.000000266. The van der Waals surface area contributed by atoms with Gasteiger partial charge in [0.05, 0.1) is 52.4 Å². The molecule has 0 saturated carbocycles. The first-order valence-corrected chi connectivity index (χ1v) is 21.4. The summed E-state index contributed by atoms with van der Waals surface area (Å²) >= 11 is 0. The van der Waals surface area contributed by atoms with Gasteiger partial charge in [-0.1, -0.05) is 37.3 Å². The Morgan fingerprint density at radius 2 is 1.36 bits per heavy atom. The molecular formula is C47H44ClF13N6O5. The normalized spacial score (nSPS) is 16.6. The van der Waals surface area contributed by atoms with E-state index in [-0.39, 0.29) is 43.1 Å². The van der Waals surface area contributed by atoms with Gasteiger partial charge in [0, 0.05) is 43.5 Å². The molecule has 6 aromatic rings. The van der Waals surface area contributed by atoms with E-state index in [1.54, 1.807) is 30.5 Å². The number of carbonyl (C=O) groups excluding carboxylic acids is 2. The van der Waals surface area contributed by atoms with Crippen LogP contribution in [-0.2, 0) is 74.5 Å². The van der Waals surface area contributed by atoms with Gasteiger partial charge in [0.25, 0.3) is 0 Å². The SMILES string of the molecule is CC(=O)N[C@H](Cc1c[nH]c2ccccc12)C(=O)OCc1cc(C(F)(F)F)cc(C(F)(F)F)c1.CCc1n[nH]nc1CN1CCO[C@H](O[C@H](C)c2cc(C(F)(F)F)cc(C(F)(F)F)c2)[C@@H]1c1ccc(F)cc1.Cl. The van der Waals surface area contributed by atoms with Gasteiger partial charge in [-0.25, -0.2) is 9.18 Å². The van der Waals surface area contributed by atoms with Crippen LogP contribution in [0.15, 0.2) is 91.1 Å². The Morgan fingerprint density at radius 3 is 1.92 bits per heavy atom. The summed E-state index contributed by atoms with van der Waals surface area (Å²) in [4.78, 5) is 29.1. The first-order chi connectivity index (χ1) is 33.2. The molecule has 0 bridgehead atoms. The summed E-state index contributed by atoms with van der Waals surface area (Å²) in [5.41, 5.74) is -3.24. The van der Waals surface area contributed by atoms with Crippen LogP contribution in [0.1, 0.15) is 88.8 Å². The van der Waals surface area contributed by atoms with Gasteiger partial charge < -0.3 is 24.5 Å². The molecule has 1 aliphatic heterocycles. The molecule has 7 rings (SSSR count). The van der Waals surface area contributed by atoms with Crippen molar-refractivity contribution >= 4 is 35.2 Å². The smallest absolute Gasteiger partial charge is 0.416 e. The third kappa shape index (κ3) is 14.7. The van der Waals surface area contributed by atoms with Crippen molar-refractivity contribution in [3.8, 4) is 0 Å². The topological polar surface area (TPSA) is 134 Å². The second-order valence-corrected chi connectivity index (χ2v) is 16.2. The molecule has 0 spiro atoms. The molecule has 2 aromatic heterocycles. The maximum atomic E-state index is 13.7. The number of H-pyrrole nitrogens is 2. The molecule has 4 aromatic carbocycles. The zero-order valence-corrected chi connectivity index (χ0v) is 38.7. The standard InChI is InChI=1S/C25H25F7N4O2.C22H18F6N2O3.ClH/c1-3-20-21(34-35-33-20)13-36-8-9-37-23(22(36)15-4-6-19(26)7-5-15)38-14(2)16-10-17(24(27,28)29)12-18(11-16)25(30,31)32;1-12(31)30-19(8-14-10-29-18-5-3-2-4-17(14)18)20(32)33-11-13-6-15(21(23,24)25)9-16(7-13)22(26,27)28;/h4-7,10-12,14,22-23H,3,8-9,13H2,1-2H3,(H,33,34,35);2-7,9-10,19,29H,8,11H2,1H3,(H,30,31);1H/t14-,22+,23-;19-;/m11./s1. The Kier molecular flexibility index (Phi) is 18.2. The number of rotatable bonds is 13. The second-order valence-electron chi connectivity index (χ2n) is 16.2. The number of carbonyl (C=O) groups is 2. The number of aromatic nitrogens is 4. The van der Waals surface area contributed by atoms with Crippen molar-refractivity contribution in [3.63, 3.8) is 0 Å². The molecule has 0 aliphatic carbocycles. The third-order valence-electron chi connectivity index (χ3n) is 11.1. The van der Waals surface area contributed by atoms with E-state index in [2.05, 4.69) is 25.7 Å². The number of benzene rings is 4. The summed E-state index contributed by atoms with van der Waals surface area (Å²) < 4.78 is 189. The Labute approximate surface area is 407 Å². The van der Waals surface area contributed by atoms with Crippen LogP contribution in [0.3, 0.4) is 0 Å². The number of aromatic amines is 2. The van der Waals surface area contributed by atoms with Crippen molar-refractivity contribution in [3.05, 3.63) is 153 Å². The number of nitrogens with one attached hydrogen (secondary N) is 3. The van der Waals surface area contributed by atoms with Crippen LogP contribution in [0.5, 0.6) is 0 Å². The summed E-state index contributed by atoms with van der Waals surface area (Å²) in [6.07, 6.45) is -20.1. The maximum Gasteiger partial charge on any atom is 0.416 e. The number of halogens is 14. The number of nitrogens with zero attached hydrogens (tertiary/aromatic N) is 3. The van der Waals surface area contributed by atoms with Crippen LogP contribution in [-0.4, -0.2) is 62.7 Å². The molecule has 1 fully saturated rings. The van der Waals surface area contributed by atoms with Crippen molar-refractivity contribution in [2.24, 2.45) is 0 Å². The zero-order valence-electron chi connectivity index (χ0n) is 37.9. The number of amides is 1. The Hall–Kier alpha value is -6.24. The minimum atomic E-state index is -5.02. The van der Waals surface area contributed by atoms with Crippen LogP contribution in [0.4, 0.5) is 57.1 Å². The lowest BCUT2D eigenvalue weighted by Crippen LogP contribution is -2.46. The number of aryl methyl sites for hydroxylation is 1. The first kappa shape index (κ1) is 56.7. The molecule has 390 valence electrons. The lowest BCUT2D eigenvalue weighted by molar-refractivity contribution is -0.231. The van der Waals surface area contributed by atoms with E-state index in [0.29, 0.717) is 60.6 Å². The molecule has 0 unspecified atom stereocenters. The predicted octanol–water partition coefficient (Wildman–Crippen LogP) is 11.6. The number of hydrogen-bond acceptors (Lipinski definition) is 8. The molecule has 11 nitrogen and oxygen atoms in total. The lowest BCUT2D eigenvalue weighted by Gasteiger charge is -2.42. The molecule has 4 atom stereocenters. The molecule has 25 heteroatoms. The summed E-state index contributed by atoms with van der Waals surface area (Å²) in [6, 6.07) is 13.1. The summed E-state index contributed by atoms with van der Waals surface area (Å²) in [5, 5.41) is 14.1. The molecule has 1 amide bonds. The molecule has 3 N–H and O–H groups in total.